The van der Waals surface area contributed by atoms with E-state index in [9.17, 15) is 13.2 Å². The summed E-state index contributed by atoms with van der Waals surface area (Å²) in [4.78, 5) is 17.4. The lowest BCUT2D eigenvalue weighted by Crippen LogP contribution is -2.27. The van der Waals surface area contributed by atoms with Crippen LogP contribution in [-0.2, 0) is 17.1 Å². The maximum Gasteiger partial charge on any atom is 0.272 e. The van der Waals surface area contributed by atoms with Gasteiger partial charge in [-0.1, -0.05) is 0 Å². The molecule has 1 aromatic carbocycles. The zero-order valence-electron chi connectivity index (χ0n) is 16.3. The number of sulfonamides is 1. The maximum absolute atomic E-state index is 12.9. The first-order chi connectivity index (χ1) is 13.9. The molecule has 152 valence electrons. The van der Waals surface area contributed by atoms with Gasteiger partial charge in [0.25, 0.3) is 5.91 Å². The molecule has 0 spiro atoms. The molecule has 29 heavy (non-hydrogen) atoms. The van der Waals surface area contributed by atoms with Crippen LogP contribution in [0, 0.1) is 0 Å². The zero-order valence-corrected chi connectivity index (χ0v) is 17.1. The molecular weight excluding hydrogens is 392 g/mol. The Morgan fingerprint density at radius 3 is 2.69 bits per heavy atom. The summed E-state index contributed by atoms with van der Waals surface area (Å²) in [7, 11) is -0.363. The predicted molar refractivity (Wildman–Crippen MR) is 110 cm³/mol. The SMILES string of the molecule is COc1ccc(NC(=O)c2cc(S(=O)(=O)N3CCCC3)cn2C)c2cccnc12. The Morgan fingerprint density at radius 2 is 1.97 bits per heavy atom. The Balaban J connectivity index is 1.65. The lowest BCUT2D eigenvalue weighted by atomic mass is 10.1. The van der Waals surface area contributed by atoms with Crippen molar-refractivity contribution >= 4 is 32.5 Å². The van der Waals surface area contributed by atoms with Gasteiger partial charge >= 0.3 is 0 Å². The minimum atomic E-state index is -3.58. The minimum absolute atomic E-state index is 0.133. The summed E-state index contributed by atoms with van der Waals surface area (Å²) in [5.41, 5.74) is 1.47. The van der Waals surface area contributed by atoms with Crippen molar-refractivity contribution in [2.24, 2.45) is 7.05 Å². The first-order valence-electron chi connectivity index (χ1n) is 9.31. The number of carbonyl (C=O) groups excluding carboxylic acids is 1. The molecule has 1 amide bonds. The highest BCUT2D eigenvalue weighted by Gasteiger charge is 2.29. The number of aryl methyl sites for hydroxylation is 1. The highest BCUT2D eigenvalue weighted by atomic mass is 32.2. The lowest BCUT2D eigenvalue weighted by Gasteiger charge is -2.13. The fraction of sp³-hybridized carbons (Fsp3) is 0.300. The Labute approximate surface area is 169 Å². The van der Waals surface area contributed by atoms with Crippen molar-refractivity contribution in [1.29, 1.82) is 0 Å². The van der Waals surface area contributed by atoms with Crippen LogP contribution < -0.4 is 10.1 Å². The molecule has 0 unspecified atom stereocenters. The van der Waals surface area contributed by atoms with Crippen LogP contribution in [0.3, 0.4) is 0 Å². The van der Waals surface area contributed by atoms with Crippen molar-refractivity contribution in [2.45, 2.75) is 17.7 Å². The summed E-state index contributed by atoms with van der Waals surface area (Å²) in [6.45, 7) is 1.03. The number of amides is 1. The highest BCUT2D eigenvalue weighted by molar-refractivity contribution is 7.89. The van der Waals surface area contributed by atoms with E-state index < -0.39 is 15.9 Å². The third-order valence-corrected chi connectivity index (χ3v) is 6.98. The molecule has 1 N–H and O–H groups in total. The Morgan fingerprint density at radius 1 is 1.21 bits per heavy atom. The van der Waals surface area contributed by atoms with Gasteiger partial charge < -0.3 is 14.6 Å². The second-order valence-electron chi connectivity index (χ2n) is 6.95. The van der Waals surface area contributed by atoms with Crippen LogP contribution in [0.15, 0.2) is 47.6 Å². The number of methoxy groups -OCH3 is 1. The van der Waals surface area contributed by atoms with Gasteiger partial charge in [0, 0.05) is 37.9 Å². The molecule has 3 aromatic rings. The third-order valence-electron chi connectivity index (χ3n) is 5.12. The zero-order chi connectivity index (χ0) is 20.6. The number of pyridine rings is 1. The lowest BCUT2D eigenvalue weighted by molar-refractivity contribution is 0.101. The van der Waals surface area contributed by atoms with E-state index in [1.165, 1.54) is 21.1 Å². The second kappa shape index (κ2) is 7.49. The standard InChI is InChI=1S/C20H22N4O4S/c1-23-13-14(29(26,27)24-10-3-4-11-24)12-17(23)20(25)22-16-7-8-18(28-2)19-15(16)6-5-9-21-19/h5-9,12-13H,3-4,10-11H2,1-2H3,(H,22,25). The Kier molecular flexibility index (Phi) is 5.01. The average Bonchev–Trinajstić information content (AvgIpc) is 3.39. The first-order valence-corrected chi connectivity index (χ1v) is 10.8. The van der Waals surface area contributed by atoms with Crippen LogP contribution >= 0.6 is 0 Å². The van der Waals surface area contributed by atoms with Crippen LogP contribution in [-0.4, -0.2) is 48.4 Å². The van der Waals surface area contributed by atoms with E-state index in [1.807, 2.05) is 6.07 Å². The van der Waals surface area contributed by atoms with Crippen molar-refractivity contribution in [3.05, 3.63) is 48.4 Å². The normalized spacial score (nSPS) is 15.0. The third kappa shape index (κ3) is 3.47. The fourth-order valence-corrected chi connectivity index (χ4v) is 5.17. The van der Waals surface area contributed by atoms with Gasteiger partial charge in [-0.15, -0.1) is 0 Å². The van der Waals surface area contributed by atoms with Gasteiger partial charge in [-0.2, -0.15) is 4.31 Å². The number of ether oxygens (including phenoxy) is 1. The van der Waals surface area contributed by atoms with E-state index in [2.05, 4.69) is 10.3 Å². The van der Waals surface area contributed by atoms with E-state index in [0.29, 0.717) is 30.0 Å². The molecular formula is C20H22N4O4S. The molecule has 1 saturated heterocycles. The molecule has 1 fully saturated rings. The molecule has 8 nitrogen and oxygen atoms in total. The van der Waals surface area contributed by atoms with Crippen molar-refractivity contribution in [2.75, 3.05) is 25.5 Å². The van der Waals surface area contributed by atoms with Crippen molar-refractivity contribution in [3.63, 3.8) is 0 Å². The number of benzene rings is 1. The summed E-state index contributed by atoms with van der Waals surface area (Å²) in [6.07, 6.45) is 4.86. The van der Waals surface area contributed by atoms with Crippen LogP contribution in [0.2, 0.25) is 0 Å². The number of anilines is 1. The van der Waals surface area contributed by atoms with E-state index in [-0.39, 0.29) is 10.6 Å². The molecule has 0 saturated carbocycles. The number of nitrogens with one attached hydrogen (secondary N) is 1. The van der Waals surface area contributed by atoms with E-state index in [1.54, 1.807) is 38.6 Å². The van der Waals surface area contributed by atoms with Gasteiger partial charge in [-0.05, 0) is 43.2 Å². The summed E-state index contributed by atoms with van der Waals surface area (Å²) in [5.74, 6) is 0.210. The summed E-state index contributed by atoms with van der Waals surface area (Å²) >= 11 is 0. The topological polar surface area (TPSA) is 93.5 Å². The molecule has 0 radical (unpaired) electrons. The van der Waals surface area contributed by atoms with Crippen molar-refractivity contribution in [1.82, 2.24) is 13.9 Å². The molecule has 0 atom stereocenters. The molecule has 1 aliphatic rings. The molecule has 0 aliphatic carbocycles. The first kappa shape index (κ1) is 19.4. The fourth-order valence-electron chi connectivity index (χ4n) is 3.59. The maximum atomic E-state index is 12.9. The Hall–Kier alpha value is -2.91. The van der Waals surface area contributed by atoms with Gasteiger partial charge in [0.1, 0.15) is 21.9 Å². The number of carbonyl (C=O) groups is 1. The van der Waals surface area contributed by atoms with E-state index in [4.69, 9.17) is 4.74 Å². The highest BCUT2D eigenvalue weighted by Crippen LogP contribution is 2.30. The molecule has 1 aliphatic heterocycles. The molecule has 9 heteroatoms. The largest absolute Gasteiger partial charge is 0.494 e. The van der Waals surface area contributed by atoms with Crippen molar-refractivity contribution < 1.29 is 17.9 Å². The van der Waals surface area contributed by atoms with Crippen LogP contribution in [0.4, 0.5) is 5.69 Å². The number of fused-ring (bicyclic) bond motifs is 1. The molecule has 0 bridgehead atoms. The minimum Gasteiger partial charge on any atom is -0.494 e. The van der Waals surface area contributed by atoms with Crippen molar-refractivity contribution in [3.8, 4) is 5.75 Å². The van der Waals surface area contributed by atoms with Gasteiger partial charge in [0.2, 0.25) is 10.0 Å². The second-order valence-corrected chi connectivity index (χ2v) is 8.89. The van der Waals surface area contributed by atoms with E-state index >= 15 is 0 Å². The number of aromatic nitrogens is 2. The number of hydrogen-bond acceptors (Lipinski definition) is 5. The summed E-state index contributed by atoms with van der Waals surface area (Å²) < 4.78 is 33.9. The monoisotopic (exact) mass is 414 g/mol. The quantitative estimate of drug-likeness (QED) is 0.693. The number of hydrogen-bond donors (Lipinski definition) is 1. The van der Waals surface area contributed by atoms with Gasteiger partial charge in [-0.3, -0.25) is 9.78 Å². The van der Waals surface area contributed by atoms with Crippen LogP contribution in [0.5, 0.6) is 5.75 Å². The van der Waals surface area contributed by atoms with Gasteiger partial charge in [0.05, 0.1) is 12.8 Å². The number of nitrogens with zero attached hydrogens (tertiary/aromatic N) is 3. The Bertz CT molecular complexity index is 1180. The van der Waals surface area contributed by atoms with Crippen LogP contribution in [0.25, 0.3) is 10.9 Å². The molecule has 2 aromatic heterocycles. The van der Waals surface area contributed by atoms with Crippen LogP contribution in [0.1, 0.15) is 23.3 Å². The molecule has 3 heterocycles. The average molecular weight is 414 g/mol. The van der Waals surface area contributed by atoms with E-state index in [0.717, 1.165) is 18.2 Å². The summed E-state index contributed by atoms with van der Waals surface area (Å²) in [5, 5.41) is 3.60. The predicted octanol–water partition coefficient (Wildman–Crippen LogP) is 2.62. The van der Waals surface area contributed by atoms with Gasteiger partial charge in [0.15, 0.2) is 0 Å². The molecule has 4 rings (SSSR count). The van der Waals surface area contributed by atoms with Gasteiger partial charge in [-0.25, -0.2) is 8.42 Å². The smallest absolute Gasteiger partial charge is 0.272 e. The number of rotatable bonds is 5. The summed E-state index contributed by atoms with van der Waals surface area (Å²) in [6, 6.07) is 8.52.